The van der Waals surface area contributed by atoms with Crippen LogP contribution in [0.25, 0.3) is 0 Å². The van der Waals surface area contributed by atoms with Crippen molar-refractivity contribution in [1.82, 2.24) is 0 Å². The summed E-state index contributed by atoms with van der Waals surface area (Å²) < 4.78 is 38.6. The van der Waals surface area contributed by atoms with Crippen molar-refractivity contribution < 1.29 is 22.4 Å². The average Bonchev–Trinajstić information content (AvgIpc) is 2.24. The molecule has 0 aliphatic carbocycles. The standard InChI is InChI=1S/C10H15F2O3P/c1-4-6-13-7-10(15-16(11)12)8-14-9(3)5-2/h2,4,9-10H,1,6-8H2,3H3. The summed E-state index contributed by atoms with van der Waals surface area (Å²) >= 11 is 0. The molecule has 92 valence electrons. The third-order valence-corrected chi connectivity index (χ3v) is 1.99. The minimum absolute atomic E-state index is 0.0187. The molecular formula is C10H15F2O3P. The molecule has 0 amide bonds. The van der Waals surface area contributed by atoms with Crippen LogP contribution in [-0.2, 0) is 14.0 Å². The van der Waals surface area contributed by atoms with Crippen molar-refractivity contribution in [1.29, 1.82) is 0 Å². The van der Waals surface area contributed by atoms with Gasteiger partial charge in [0.15, 0.2) is 0 Å². The predicted octanol–water partition coefficient (Wildman–Crippen LogP) is 2.78. The Morgan fingerprint density at radius 1 is 1.50 bits per heavy atom. The number of halogens is 2. The second-order valence-corrected chi connectivity index (χ2v) is 3.51. The Morgan fingerprint density at radius 3 is 2.69 bits per heavy atom. The molecule has 6 heteroatoms. The lowest BCUT2D eigenvalue weighted by molar-refractivity contribution is -0.0107. The van der Waals surface area contributed by atoms with Gasteiger partial charge in [0, 0.05) is 0 Å². The van der Waals surface area contributed by atoms with Gasteiger partial charge in [0.05, 0.1) is 19.8 Å². The zero-order valence-electron chi connectivity index (χ0n) is 9.07. The van der Waals surface area contributed by atoms with Gasteiger partial charge >= 0.3 is 8.77 Å². The highest BCUT2D eigenvalue weighted by atomic mass is 31.2. The maximum absolute atomic E-state index is 12.1. The van der Waals surface area contributed by atoms with Crippen molar-refractivity contribution in [3.05, 3.63) is 12.7 Å². The third-order valence-electron chi connectivity index (χ3n) is 1.54. The van der Waals surface area contributed by atoms with Crippen LogP contribution in [-0.4, -0.2) is 32.0 Å². The van der Waals surface area contributed by atoms with Gasteiger partial charge in [-0.25, -0.2) is 0 Å². The van der Waals surface area contributed by atoms with E-state index in [4.69, 9.17) is 15.9 Å². The van der Waals surface area contributed by atoms with Gasteiger partial charge in [-0.2, -0.15) is 8.39 Å². The molecule has 0 N–H and O–H groups in total. The fourth-order valence-electron chi connectivity index (χ4n) is 0.804. The smallest absolute Gasteiger partial charge is 0.375 e. The Hall–Kier alpha value is -0.530. The molecule has 3 nitrogen and oxygen atoms in total. The second-order valence-electron chi connectivity index (χ2n) is 2.90. The highest BCUT2D eigenvalue weighted by Crippen LogP contribution is 2.41. The van der Waals surface area contributed by atoms with E-state index in [0.29, 0.717) is 0 Å². The molecule has 0 aromatic heterocycles. The van der Waals surface area contributed by atoms with E-state index in [9.17, 15) is 8.39 Å². The van der Waals surface area contributed by atoms with Crippen LogP contribution in [0.15, 0.2) is 12.7 Å². The van der Waals surface area contributed by atoms with Crippen LogP contribution in [0, 0.1) is 12.3 Å². The van der Waals surface area contributed by atoms with Gasteiger partial charge in [0.25, 0.3) is 0 Å². The molecule has 0 saturated carbocycles. The second kappa shape index (κ2) is 9.68. The number of ether oxygens (including phenoxy) is 2. The largest absolute Gasteiger partial charge is 0.415 e. The van der Waals surface area contributed by atoms with Crippen LogP contribution < -0.4 is 0 Å². The quantitative estimate of drug-likeness (QED) is 0.273. The van der Waals surface area contributed by atoms with E-state index in [1.54, 1.807) is 6.92 Å². The molecule has 2 unspecified atom stereocenters. The Kier molecular flexibility index (Phi) is 9.36. The molecule has 0 spiro atoms. The fraction of sp³-hybridized carbons (Fsp3) is 0.600. The summed E-state index contributed by atoms with van der Waals surface area (Å²) in [4.78, 5) is 0. The number of terminal acetylenes is 1. The first-order chi connectivity index (χ1) is 7.60. The number of hydrogen-bond acceptors (Lipinski definition) is 3. The van der Waals surface area contributed by atoms with E-state index in [-0.39, 0.29) is 19.8 Å². The summed E-state index contributed by atoms with van der Waals surface area (Å²) in [7, 11) is -3.43. The van der Waals surface area contributed by atoms with Crippen LogP contribution in [0.1, 0.15) is 6.92 Å². The van der Waals surface area contributed by atoms with E-state index < -0.39 is 21.0 Å². The summed E-state index contributed by atoms with van der Waals surface area (Å²) in [6, 6.07) is 0. The normalized spacial score (nSPS) is 14.4. The van der Waals surface area contributed by atoms with Crippen LogP contribution >= 0.6 is 8.77 Å². The molecule has 0 radical (unpaired) electrons. The summed E-state index contributed by atoms with van der Waals surface area (Å²) in [5.41, 5.74) is 0. The average molecular weight is 252 g/mol. The SMILES string of the molecule is C#CC(C)OCC(COCC=C)OP(F)F. The molecule has 0 rings (SSSR count). The van der Waals surface area contributed by atoms with Gasteiger partial charge in [-0.05, 0) is 6.92 Å². The van der Waals surface area contributed by atoms with Crippen molar-refractivity contribution in [3.8, 4) is 12.3 Å². The third kappa shape index (κ3) is 8.75. The molecule has 0 aromatic carbocycles. The van der Waals surface area contributed by atoms with Gasteiger partial charge in [-0.1, -0.05) is 12.0 Å². The van der Waals surface area contributed by atoms with Crippen LogP contribution in [0.3, 0.4) is 0 Å². The lowest BCUT2D eigenvalue weighted by Gasteiger charge is -2.17. The molecule has 0 bridgehead atoms. The maximum Gasteiger partial charge on any atom is 0.415 e. The Morgan fingerprint density at radius 2 is 2.19 bits per heavy atom. The first-order valence-electron chi connectivity index (χ1n) is 4.65. The molecule has 2 atom stereocenters. The minimum atomic E-state index is -3.43. The van der Waals surface area contributed by atoms with Gasteiger partial charge in [0.2, 0.25) is 0 Å². The molecule has 0 aromatic rings. The summed E-state index contributed by atoms with van der Waals surface area (Å²) in [5.74, 6) is 2.32. The first kappa shape index (κ1) is 15.5. The molecule has 0 aliphatic rings. The number of rotatable bonds is 9. The van der Waals surface area contributed by atoms with E-state index in [0.717, 1.165) is 0 Å². The van der Waals surface area contributed by atoms with Crippen molar-refractivity contribution in [2.24, 2.45) is 0 Å². The van der Waals surface area contributed by atoms with Gasteiger partial charge in [0.1, 0.15) is 12.2 Å². The lowest BCUT2D eigenvalue weighted by Crippen LogP contribution is -2.25. The Balaban J connectivity index is 3.90. The lowest BCUT2D eigenvalue weighted by atomic mass is 10.4. The molecule has 16 heavy (non-hydrogen) atoms. The Labute approximate surface area is 95.8 Å². The summed E-state index contributed by atoms with van der Waals surface area (Å²) in [6.45, 7) is 5.37. The zero-order chi connectivity index (χ0) is 12.4. The minimum Gasteiger partial charge on any atom is -0.375 e. The molecular weight excluding hydrogens is 237 g/mol. The molecule has 0 aliphatic heterocycles. The van der Waals surface area contributed by atoms with Crippen LogP contribution in [0.5, 0.6) is 0 Å². The van der Waals surface area contributed by atoms with Crippen molar-refractivity contribution >= 4 is 8.77 Å². The fourth-order valence-corrected chi connectivity index (χ4v) is 1.15. The van der Waals surface area contributed by atoms with Gasteiger partial charge in [-0.15, -0.1) is 13.0 Å². The molecule has 0 saturated heterocycles. The van der Waals surface area contributed by atoms with Crippen molar-refractivity contribution in [3.63, 3.8) is 0 Å². The predicted molar refractivity (Wildman–Crippen MR) is 59.3 cm³/mol. The zero-order valence-corrected chi connectivity index (χ0v) is 9.96. The van der Waals surface area contributed by atoms with Gasteiger partial charge < -0.3 is 9.47 Å². The monoisotopic (exact) mass is 252 g/mol. The van der Waals surface area contributed by atoms with Gasteiger partial charge in [-0.3, -0.25) is 4.52 Å². The summed E-state index contributed by atoms with van der Waals surface area (Å²) in [6.07, 6.45) is 5.36. The van der Waals surface area contributed by atoms with E-state index >= 15 is 0 Å². The highest BCUT2D eigenvalue weighted by molar-refractivity contribution is 7.40. The van der Waals surface area contributed by atoms with Crippen molar-refractivity contribution in [2.45, 2.75) is 19.1 Å². The van der Waals surface area contributed by atoms with E-state index in [2.05, 4.69) is 17.0 Å². The van der Waals surface area contributed by atoms with Crippen LogP contribution in [0.2, 0.25) is 0 Å². The first-order valence-corrected chi connectivity index (χ1v) is 5.69. The maximum atomic E-state index is 12.1. The Bertz CT molecular complexity index is 231. The molecule has 0 fully saturated rings. The highest BCUT2D eigenvalue weighted by Gasteiger charge is 2.18. The number of hydrogen-bond donors (Lipinski definition) is 0. The topological polar surface area (TPSA) is 27.7 Å². The van der Waals surface area contributed by atoms with E-state index in [1.165, 1.54) is 6.08 Å². The van der Waals surface area contributed by atoms with Crippen molar-refractivity contribution in [2.75, 3.05) is 19.8 Å². The van der Waals surface area contributed by atoms with E-state index in [1.807, 2.05) is 0 Å². The molecule has 0 heterocycles. The van der Waals surface area contributed by atoms with Crippen LogP contribution in [0.4, 0.5) is 8.39 Å². The summed E-state index contributed by atoms with van der Waals surface area (Å²) in [5, 5.41) is 0.